The van der Waals surface area contributed by atoms with Crippen molar-refractivity contribution in [3.05, 3.63) is 92.5 Å². The molecule has 1 spiro atoms. The lowest BCUT2D eigenvalue weighted by molar-refractivity contribution is -0.128. The maximum absolute atomic E-state index is 16.2. The second kappa shape index (κ2) is 10.3. The number of nitrogens with zero attached hydrogens (tertiary/aromatic N) is 3. The predicted molar refractivity (Wildman–Crippen MR) is 169 cm³/mol. The topological polar surface area (TPSA) is 76.5 Å². The van der Waals surface area contributed by atoms with E-state index in [-0.39, 0.29) is 42.9 Å². The van der Waals surface area contributed by atoms with E-state index in [0.29, 0.717) is 46.4 Å². The van der Waals surface area contributed by atoms with Gasteiger partial charge in [0.15, 0.2) is 0 Å². The van der Waals surface area contributed by atoms with Gasteiger partial charge in [-0.15, -0.1) is 0 Å². The van der Waals surface area contributed by atoms with Gasteiger partial charge < -0.3 is 14.6 Å². The summed E-state index contributed by atoms with van der Waals surface area (Å²) in [6, 6.07) is 14.2. The van der Waals surface area contributed by atoms with Gasteiger partial charge in [0.05, 0.1) is 28.2 Å². The molecule has 2 fully saturated rings. The summed E-state index contributed by atoms with van der Waals surface area (Å²) < 4.78 is 23.7. The number of fused-ring (bicyclic) bond motifs is 7. The summed E-state index contributed by atoms with van der Waals surface area (Å²) >= 11 is 12.8. The van der Waals surface area contributed by atoms with E-state index in [1.165, 1.54) is 6.07 Å². The Labute approximate surface area is 265 Å². The number of hydrogen-bond donors (Lipinski definition) is 1. The van der Waals surface area contributed by atoms with Gasteiger partial charge >= 0.3 is 5.97 Å². The maximum Gasteiger partial charge on any atom is 0.338 e. The van der Waals surface area contributed by atoms with Crippen LogP contribution >= 0.6 is 23.2 Å². The molecule has 1 aliphatic carbocycles. The molecule has 4 aromatic rings. The Bertz CT molecular complexity index is 1870. The number of halogens is 3. The number of ether oxygens (including phenoxy) is 1. The van der Waals surface area contributed by atoms with E-state index in [1.54, 1.807) is 37.3 Å². The Morgan fingerprint density at radius 3 is 2.73 bits per heavy atom. The molecule has 4 heterocycles. The minimum atomic E-state index is -1.18. The highest BCUT2D eigenvalue weighted by atomic mass is 35.5. The molecule has 0 radical (unpaired) electrons. The fourth-order valence-corrected chi connectivity index (χ4v) is 8.28. The van der Waals surface area contributed by atoms with E-state index in [2.05, 4.69) is 14.8 Å². The lowest BCUT2D eigenvalue weighted by Gasteiger charge is -2.40. The van der Waals surface area contributed by atoms with Crippen LogP contribution in [0, 0.1) is 18.7 Å². The van der Waals surface area contributed by atoms with Crippen LogP contribution in [0.2, 0.25) is 10.0 Å². The molecule has 1 saturated carbocycles. The molecule has 4 atom stereocenters. The Hall–Kier alpha value is -3.46. The smallest absolute Gasteiger partial charge is 0.338 e. The first kappa shape index (κ1) is 29.3. The number of anilines is 1. The first-order valence-corrected chi connectivity index (χ1v) is 15.5. The van der Waals surface area contributed by atoms with E-state index in [0.717, 1.165) is 35.3 Å². The molecule has 3 aromatic carbocycles. The lowest BCUT2D eigenvalue weighted by atomic mass is 9.71. The molecule has 1 amide bonds. The van der Waals surface area contributed by atoms with E-state index < -0.39 is 17.3 Å². The fraction of sp³-hybridized carbons (Fsp3) is 0.382. The summed E-state index contributed by atoms with van der Waals surface area (Å²) in [5.74, 6) is -0.807. The summed E-state index contributed by atoms with van der Waals surface area (Å²) in [7, 11) is 0. The van der Waals surface area contributed by atoms with Gasteiger partial charge in [-0.25, -0.2) is 14.2 Å². The second-order valence-electron chi connectivity index (χ2n) is 12.2. The largest absolute Gasteiger partial charge is 0.462 e. The number of rotatable bonds is 5. The molecule has 4 aliphatic rings. The highest BCUT2D eigenvalue weighted by Gasteiger charge is 2.70. The number of nitrogens with one attached hydrogen (secondary N) is 1. The first-order chi connectivity index (χ1) is 20.7. The molecule has 228 valence electrons. The van der Waals surface area contributed by atoms with Gasteiger partial charge in [-0.3, -0.25) is 9.69 Å². The third kappa shape index (κ3) is 3.93. The van der Waals surface area contributed by atoms with Gasteiger partial charge in [-0.05, 0) is 74.1 Å². The van der Waals surface area contributed by atoms with E-state index >= 15 is 4.39 Å². The minimum Gasteiger partial charge on any atom is -0.462 e. The molecule has 1 saturated heterocycles. The Kier molecular flexibility index (Phi) is 6.84. The quantitative estimate of drug-likeness (QED) is 0.231. The Balaban J connectivity index is 0.00000312. The van der Waals surface area contributed by atoms with Gasteiger partial charge in [-0.2, -0.15) is 0 Å². The third-order valence-corrected chi connectivity index (χ3v) is 10.3. The molecular formula is C34H33Cl2FN4O3. The van der Waals surface area contributed by atoms with E-state index in [1.807, 2.05) is 19.1 Å². The van der Waals surface area contributed by atoms with Crippen LogP contribution in [0.15, 0.2) is 48.5 Å². The number of aryl methyl sites for hydroxylation is 1. The van der Waals surface area contributed by atoms with Gasteiger partial charge in [0.25, 0.3) is 0 Å². The summed E-state index contributed by atoms with van der Waals surface area (Å²) in [5.41, 5.74) is 3.50. The van der Waals surface area contributed by atoms with Crippen molar-refractivity contribution in [3.8, 4) is 0 Å². The van der Waals surface area contributed by atoms with Crippen molar-refractivity contribution in [1.29, 1.82) is 0 Å². The molecular weight excluding hydrogens is 602 g/mol. The average Bonchev–Trinajstić information content (AvgIpc) is 3.43. The second-order valence-corrected chi connectivity index (χ2v) is 13.0. The summed E-state index contributed by atoms with van der Waals surface area (Å²) in [6.07, 6.45) is 2.19. The SMILES string of the molecule is C.CCOC(=O)c1cc2nc3n(c2cc1C)C[C@H]1[C@@H]3[C@H](c2cccc(Cl)c2F)[C@]2(C(=O)Nc3cc(Cl)ccc32)N1CC1CC1. The first-order valence-electron chi connectivity index (χ1n) is 14.7. The number of amides is 1. The zero-order valence-corrected chi connectivity index (χ0v) is 25.2. The Morgan fingerprint density at radius 2 is 1.98 bits per heavy atom. The predicted octanol–water partition coefficient (Wildman–Crippen LogP) is 7.43. The molecule has 0 unspecified atom stereocenters. The number of likely N-dealkylation sites (tertiary alicyclic amines) is 1. The summed E-state index contributed by atoms with van der Waals surface area (Å²) in [5, 5.41) is 3.64. The van der Waals surface area contributed by atoms with Crippen molar-refractivity contribution < 1.29 is 18.7 Å². The van der Waals surface area contributed by atoms with Gasteiger partial charge in [0, 0.05) is 47.2 Å². The van der Waals surface area contributed by atoms with Crippen LogP contribution in [0.1, 0.15) is 71.9 Å². The van der Waals surface area contributed by atoms with Crippen molar-refractivity contribution in [1.82, 2.24) is 14.5 Å². The Morgan fingerprint density at radius 1 is 1.18 bits per heavy atom. The normalized spacial score (nSPS) is 25.1. The van der Waals surface area contributed by atoms with E-state index in [9.17, 15) is 9.59 Å². The van der Waals surface area contributed by atoms with Crippen molar-refractivity contribution in [2.75, 3.05) is 18.5 Å². The zero-order valence-electron chi connectivity index (χ0n) is 23.7. The van der Waals surface area contributed by atoms with Gasteiger partial charge in [0.2, 0.25) is 5.91 Å². The number of imidazole rings is 1. The molecule has 8 rings (SSSR count). The van der Waals surface area contributed by atoms with Crippen LogP contribution in [0.4, 0.5) is 10.1 Å². The standard InChI is InChI=1S/C33H29Cl2FN4O3.CH4/c1-3-43-31(41)20-13-24-25(11-16(20)2)39-15-26-27(30(39)37-24)28(19-5-4-6-22(35)29(19)36)33(40(26)14-17-7-8-17)21-10-9-18(34)12-23(21)38-32(33)42;/h4-6,9-13,17,26-28H,3,7-8,14-15H2,1-2H3,(H,38,42);1H4/t26-,27+,28-,33+;/m0./s1. The fourth-order valence-electron chi connectivity index (χ4n) is 7.93. The van der Waals surface area contributed by atoms with Crippen LogP contribution in [-0.2, 0) is 21.6 Å². The molecule has 1 aromatic heterocycles. The zero-order chi connectivity index (χ0) is 29.8. The molecule has 0 bridgehead atoms. The van der Waals surface area contributed by atoms with Gasteiger partial charge in [0.1, 0.15) is 17.2 Å². The number of aromatic nitrogens is 2. The highest BCUT2D eigenvalue weighted by Crippen LogP contribution is 2.65. The van der Waals surface area contributed by atoms with Crippen molar-refractivity contribution >= 4 is 51.8 Å². The lowest BCUT2D eigenvalue weighted by Crippen LogP contribution is -2.53. The molecule has 10 heteroatoms. The molecule has 3 aliphatic heterocycles. The highest BCUT2D eigenvalue weighted by molar-refractivity contribution is 6.31. The number of carbonyl (C=O) groups is 2. The number of esters is 1. The number of hydrogen-bond acceptors (Lipinski definition) is 5. The third-order valence-electron chi connectivity index (χ3n) is 9.82. The van der Waals surface area contributed by atoms with Crippen LogP contribution in [-0.4, -0.2) is 45.5 Å². The van der Waals surface area contributed by atoms with Gasteiger partial charge in [-0.1, -0.05) is 48.8 Å². The van der Waals surface area contributed by atoms with Crippen LogP contribution in [0.5, 0.6) is 0 Å². The van der Waals surface area contributed by atoms with Crippen LogP contribution in [0.3, 0.4) is 0 Å². The summed E-state index contributed by atoms with van der Waals surface area (Å²) in [6.45, 7) is 5.24. The van der Waals surface area contributed by atoms with E-state index in [4.69, 9.17) is 32.9 Å². The van der Waals surface area contributed by atoms with Crippen molar-refractivity contribution in [2.24, 2.45) is 5.92 Å². The van der Waals surface area contributed by atoms with Crippen LogP contribution < -0.4 is 5.32 Å². The van der Waals surface area contributed by atoms with Crippen molar-refractivity contribution in [2.45, 2.75) is 64.1 Å². The minimum absolute atomic E-state index is 0. The summed E-state index contributed by atoms with van der Waals surface area (Å²) in [4.78, 5) is 34.6. The molecule has 44 heavy (non-hydrogen) atoms. The number of benzene rings is 3. The molecule has 1 N–H and O–H groups in total. The number of carbonyl (C=O) groups excluding carboxylic acids is 2. The van der Waals surface area contributed by atoms with Crippen LogP contribution in [0.25, 0.3) is 11.0 Å². The monoisotopic (exact) mass is 634 g/mol. The maximum atomic E-state index is 16.2. The average molecular weight is 636 g/mol. The van der Waals surface area contributed by atoms with Crippen molar-refractivity contribution in [3.63, 3.8) is 0 Å². The molecule has 7 nitrogen and oxygen atoms in total.